The summed E-state index contributed by atoms with van der Waals surface area (Å²) in [6, 6.07) is 3.17. The molecule has 1 aromatic carbocycles. The Bertz CT molecular complexity index is 463. The van der Waals surface area contributed by atoms with E-state index in [2.05, 4.69) is 4.90 Å². The summed E-state index contributed by atoms with van der Waals surface area (Å²) in [6.45, 7) is 4.17. The molecule has 2 rings (SSSR count). The second kappa shape index (κ2) is 4.59. The third kappa shape index (κ3) is 2.15. The first-order valence-electron chi connectivity index (χ1n) is 6.23. The van der Waals surface area contributed by atoms with Crippen LogP contribution in [0.15, 0.2) is 12.1 Å². The van der Waals surface area contributed by atoms with Gasteiger partial charge in [-0.05, 0) is 39.3 Å². The van der Waals surface area contributed by atoms with Crippen LogP contribution in [-0.2, 0) is 5.60 Å². The van der Waals surface area contributed by atoms with Crippen molar-refractivity contribution in [2.45, 2.75) is 38.3 Å². The molecule has 1 fully saturated rings. The van der Waals surface area contributed by atoms with Gasteiger partial charge < -0.3 is 10.0 Å². The van der Waals surface area contributed by atoms with E-state index in [9.17, 15) is 13.9 Å². The second-order valence-electron chi connectivity index (χ2n) is 5.37. The third-order valence-electron chi connectivity index (χ3n) is 4.04. The maximum Gasteiger partial charge on any atom is 0.165 e. The molecule has 18 heavy (non-hydrogen) atoms. The van der Waals surface area contributed by atoms with E-state index < -0.39 is 17.2 Å². The number of likely N-dealkylation sites (tertiary alicyclic amines) is 1. The summed E-state index contributed by atoms with van der Waals surface area (Å²) in [5, 5.41) is 10.6. The average molecular weight is 255 g/mol. The van der Waals surface area contributed by atoms with E-state index in [1.807, 2.05) is 14.0 Å². The highest BCUT2D eigenvalue weighted by Gasteiger charge is 2.39. The van der Waals surface area contributed by atoms with Crippen LogP contribution in [0.2, 0.25) is 0 Å². The van der Waals surface area contributed by atoms with Crippen molar-refractivity contribution in [3.8, 4) is 0 Å². The zero-order chi connectivity index (χ0) is 13.5. The molecule has 100 valence electrons. The minimum Gasteiger partial charge on any atom is -0.385 e. The number of benzene rings is 1. The summed E-state index contributed by atoms with van der Waals surface area (Å²) in [5.41, 5.74) is -0.906. The van der Waals surface area contributed by atoms with Crippen LogP contribution in [0.25, 0.3) is 0 Å². The standard InChI is InChI=1S/C14H19F2NO/c1-9-4-5-11(13(16)12(9)15)14(18)6-7-17(3)10(2)8-14/h4-5,10,18H,6-8H2,1-3H3. The maximum atomic E-state index is 14.0. The number of hydrogen-bond donors (Lipinski definition) is 1. The van der Waals surface area contributed by atoms with Crippen molar-refractivity contribution in [2.24, 2.45) is 0 Å². The Balaban J connectivity index is 2.39. The number of hydrogen-bond acceptors (Lipinski definition) is 2. The molecule has 0 radical (unpaired) electrons. The van der Waals surface area contributed by atoms with Gasteiger partial charge in [0.25, 0.3) is 0 Å². The fraction of sp³-hybridized carbons (Fsp3) is 0.571. The molecule has 1 saturated heterocycles. The van der Waals surface area contributed by atoms with Crippen molar-refractivity contribution < 1.29 is 13.9 Å². The minimum atomic E-state index is -1.26. The molecule has 2 unspecified atom stereocenters. The third-order valence-corrected chi connectivity index (χ3v) is 4.04. The van der Waals surface area contributed by atoms with E-state index in [-0.39, 0.29) is 17.2 Å². The quantitative estimate of drug-likeness (QED) is 0.833. The molecule has 1 aromatic rings. The van der Waals surface area contributed by atoms with Crippen molar-refractivity contribution in [3.05, 3.63) is 34.9 Å². The van der Waals surface area contributed by atoms with Gasteiger partial charge in [-0.2, -0.15) is 0 Å². The zero-order valence-corrected chi connectivity index (χ0v) is 11.0. The lowest BCUT2D eigenvalue weighted by molar-refractivity contribution is -0.0436. The maximum absolute atomic E-state index is 14.0. The van der Waals surface area contributed by atoms with Crippen LogP contribution in [0.4, 0.5) is 8.78 Å². The van der Waals surface area contributed by atoms with Gasteiger partial charge in [-0.25, -0.2) is 8.78 Å². The van der Waals surface area contributed by atoms with Crippen LogP contribution in [0.3, 0.4) is 0 Å². The summed E-state index contributed by atoms with van der Waals surface area (Å²) >= 11 is 0. The highest BCUT2D eigenvalue weighted by atomic mass is 19.2. The van der Waals surface area contributed by atoms with E-state index in [1.54, 1.807) is 0 Å². The SMILES string of the molecule is Cc1ccc(C2(O)CCN(C)C(C)C2)c(F)c1F. The topological polar surface area (TPSA) is 23.5 Å². The summed E-state index contributed by atoms with van der Waals surface area (Å²) in [4.78, 5) is 2.11. The van der Waals surface area contributed by atoms with E-state index in [1.165, 1.54) is 19.1 Å². The lowest BCUT2D eigenvalue weighted by Gasteiger charge is -2.41. The Morgan fingerprint density at radius 2 is 2.00 bits per heavy atom. The first kappa shape index (κ1) is 13.4. The van der Waals surface area contributed by atoms with Crippen molar-refractivity contribution in [3.63, 3.8) is 0 Å². The van der Waals surface area contributed by atoms with Gasteiger partial charge in [0, 0.05) is 18.2 Å². The van der Waals surface area contributed by atoms with Gasteiger partial charge in [-0.3, -0.25) is 0 Å². The average Bonchev–Trinajstić information content (AvgIpc) is 2.31. The van der Waals surface area contributed by atoms with Crippen LogP contribution in [0.1, 0.15) is 30.9 Å². The van der Waals surface area contributed by atoms with Crippen molar-refractivity contribution >= 4 is 0 Å². The van der Waals surface area contributed by atoms with E-state index in [0.29, 0.717) is 19.4 Å². The normalized spacial score (nSPS) is 29.6. The van der Waals surface area contributed by atoms with Crippen molar-refractivity contribution in [1.82, 2.24) is 4.90 Å². The fourth-order valence-electron chi connectivity index (χ4n) is 2.58. The number of aryl methyl sites for hydroxylation is 1. The largest absolute Gasteiger partial charge is 0.385 e. The van der Waals surface area contributed by atoms with Crippen LogP contribution >= 0.6 is 0 Å². The Morgan fingerprint density at radius 3 is 2.61 bits per heavy atom. The van der Waals surface area contributed by atoms with Gasteiger partial charge >= 0.3 is 0 Å². The second-order valence-corrected chi connectivity index (χ2v) is 5.37. The van der Waals surface area contributed by atoms with Gasteiger partial charge in [0.15, 0.2) is 11.6 Å². The number of aliphatic hydroxyl groups is 1. The lowest BCUT2D eigenvalue weighted by atomic mass is 9.81. The molecule has 4 heteroatoms. The van der Waals surface area contributed by atoms with Crippen LogP contribution < -0.4 is 0 Å². The molecule has 1 aliphatic heterocycles. The molecule has 0 amide bonds. The van der Waals surface area contributed by atoms with Crippen LogP contribution in [0.5, 0.6) is 0 Å². The van der Waals surface area contributed by atoms with Crippen molar-refractivity contribution in [1.29, 1.82) is 0 Å². The Labute approximate surface area is 106 Å². The van der Waals surface area contributed by atoms with Gasteiger partial charge in [-0.15, -0.1) is 0 Å². The van der Waals surface area contributed by atoms with Gasteiger partial charge in [-0.1, -0.05) is 12.1 Å². The Kier molecular flexibility index (Phi) is 3.43. The first-order valence-corrected chi connectivity index (χ1v) is 6.23. The molecular formula is C14H19F2NO. The summed E-state index contributed by atoms with van der Waals surface area (Å²) in [6.07, 6.45) is 0.843. The minimum absolute atomic E-state index is 0.0885. The Hall–Kier alpha value is -1.00. The predicted octanol–water partition coefficient (Wildman–Crippen LogP) is 2.57. The van der Waals surface area contributed by atoms with E-state index in [0.717, 1.165) is 0 Å². The van der Waals surface area contributed by atoms with E-state index in [4.69, 9.17) is 0 Å². The highest BCUT2D eigenvalue weighted by Crippen LogP contribution is 2.37. The molecule has 1 aliphatic rings. The zero-order valence-electron chi connectivity index (χ0n) is 11.0. The van der Waals surface area contributed by atoms with Gasteiger partial charge in [0.2, 0.25) is 0 Å². The number of piperidine rings is 1. The highest BCUT2D eigenvalue weighted by molar-refractivity contribution is 5.30. The molecule has 0 aromatic heterocycles. The van der Waals surface area contributed by atoms with Crippen LogP contribution in [0, 0.1) is 18.6 Å². The van der Waals surface area contributed by atoms with Gasteiger partial charge in [0.1, 0.15) is 0 Å². The van der Waals surface area contributed by atoms with Crippen molar-refractivity contribution in [2.75, 3.05) is 13.6 Å². The molecule has 0 bridgehead atoms. The smallest absolute Gasteiger partial charge is 0.165 e. The fourth-order valence-corrected chi connectivity index (χ4v) is 2.58. The van der Waals surface area contributed by atoms with Gasteiger partial charge in [0.05, 0.1) is 5.60 Å². The van der Waals surface area contributed by atoms with Crippen LogP contribution in [-0.4, -0.2) is 29.6 Å². The molecule has 0 spiro atoms. The summed E-state index contributed by atoms with van der Waals surface area (Å²) in [5.74, 6) is -1.76. The molecule has 2 nitrogen and oxygen atoms in total. The number of rotatable bonds is 1. The molecule has 0 saturated carbocycles. The first-order chi connectivity index (χ1) is 8.35. The molecule has 1 heterocycles. The molecule has 1 N–H and O–H groups in total. The predicted molar refractivity (Wildman–Crippen MR) is 66.3 cm³/mol. The Morgan fingerprint density at radius 1 is 1.33 bits per heavy atom. The summed E-state index contributed by atoms with van der Waals surface area (Å²) in [7, 11) is 1.97. The molecular weight excluding hydrogens is 236 g/mol. The van der Waals surface area contributed by atoms with E-state index >= 15 is 0 Å². The molecule has 2 atom stereocenters. The monoisotopic (exact) mass is 255 g/mol. The number of halogens is 2. The lowest BCUT2D eigenvalue weighted by Crippen LogP contribution is -2.46. The molecule has 0 aliphatic carbocycles. The summed E-state index contributed by atoms with van der Waals surface area (Å²) < 4.78 is 27.6. The number of nitrogens with zero attached hydrogens (tertiary/aromatic N) is 1.